The van der Waals surface area contributed by atoms with Gasteiger partial charge in [-0.25, -0.2) is 0 Å². The van der Waals surface area contributed by atoms with Gasteiger partial charge in [0.05, 0.1) is 7.11 Å². The smallest absolute Gasteiger partial charge is 0.326 e. The lowest BCUT2D eigenvalue weighted by Gasteiger charge is -2.14. The molecule has 2 saturated carbocycles. The SMILES string of the molecule is COC(=O)[C@@]1(N)CC12CCCC2. The van der Waals surface area contributed by atoms with E-state index in [0.717, 1.165) is 19.3 Å². The molecule has 2 fully saturated rings. The zero-order valence-electron chi connectivity index (χ0n) is 7.43. The number of esters is 1. The molecule has 1 spiro atoms. The molecule has 0 saturated heterocycles. The molecule has 0 aliphatic heterocycles. The second-order valence-electron chi connectivity index (χ2n) is 4.13. The minimum absolute atomic E-state index is 0.125. The molecule has 0 heterocycles. The number of ether oxygens (including phenoxy) is 1. The molecule has 0 aromatic heterocycles. The van der Waals surface area contributed by atoms with E-state index in [1.54, 1.807) is 0 Å². The van der Waals surface area contributed by atoms with Crippen molar-refractivity contribution in [2.75, 3.05) is 7.11 Å². The third kappa shape index (κ3) is 0.774. The molecule has 12 heavy (non-hydrogen) atoms. The van der Waals surface area contributed by atoms with Crippen LogP contribution in [0, 0.1) is 5.41 Å². The first-order valence-corrected chi connectivity index (χ1v) is 4.52. The van der Waals surface area contributed by atoms with Crippen LogP contribution in [0.1, 0.15) is 32.1 Å². The Balaban J connectivity index is 2.12. The van der Waals surface area contributed by atoms with E-state index in [-0.39, 0.29) is 11.4 Å². The van der Waals surface area contributed by atoms with Crippen molar-refractivity contribution in [1.29, 1.82) is 0 Å². The highest BCUT2D eigenvalue weighted by atomic mass is 16.5. The summed E-state index contributed by atoms with van der Waals surface area (Å²) in [5, 5.41) is 0. The molecule has 0 unspecified atom stereocenters. The van der Waals surface area contributed by atoms with Gasteiger partial charge in [-0.3, -0.25) is 4.79 Å². The van der Waals surface area contributed by atoms with Crippen molar-refractivity contribution in [3.05, 3.63) is 0 Å². The van der Waals surface area contributed by atoms with Crippen molar-refractivity contribution in [2.24, 2.45) is 11.1 Å². The average Bonchev–Trinajstić information content (AvgIpc) is 2.50. The maximum absolute atomic E-state index is 11.3. The van der Waals surface area contributed by atoms with Crippen LogP contribution in [0.5, 0.6) is 0 Å². The van der Waals surface area contributed by atoms with Crippen molar-refractivity contribution in [2.45, 2.75) is 37.6 Å². The largest absolute Gasteiger partial charge is 0.468 e. The standard InChI is InChI=1S/C9H15NO2/c1-12-7(11)9(10)6-8(9)4-2-3-5-8/h2-6,10H2,1H3/t9-/m0/s1. The van der Waals surface area contributed by atoms with Crippen molar-refractivity contribution in [1.82, 2.24) is 0 Å². The molecule has 0 amide bonds. The van der Waals surface area contributed by atoms with E-state index < -0.39 is 5.54 Å². The Morgan fingerprint density at radius 1 is 1.42 bits per heavy atom. The fraction of sp³-hybridized carbons (Fsp3) is 0.889. The summed E-state index contributed by atoms with van der Waals surface area (Å²) >= 11 is 0. The highest BCUT2D eigenvalue weighted by molar-refractivity contribution is 5.86. The summed E-state index contributed by atoms with van der Waals surface area (Å²) in [6.07, 6.45) is 5.50. The van der Waals surface area contributed by atoms with Crippen LogP contribution in [-0.4, -0.2) is 18.6 Å². The fourth-order valence-electron chi connectivity index (χ4n) is 2.64. The lowest BCUT2D eigenvalue weighted by molar-refractivity contribution is -0.144. The van der Waals surface area contributed by atoms with E-state index in [4.69, 9.17) is 10.5 Å². The van der Waals surface area contributed by atoms with Gasteiger partial charge < -0.3 is 10.5 Å². The van der Waals surface area contributed by atoms with Gasteiger partial charge in [0, 0.05) is 5.41 Å². The third-order valence-electron chi connectivity index (χ3n) is 3.55. The van der Waals surface area contributed by atoms with Crippen LogP contribution in [0.2, 0.25) is 0 Å². The summed E-state index contributed by atoms with van der Waals surface area (Å²) in [5.41, 5.74) is 5.46. The summed E-state index contributed by atoms with van der Waals surface area (Å²) in [7, 11) is 1.41. The Hall–Kier alpha value is -0.570. The zero-order chi connectivity index (χ0) is 8.82. The van der Waals surface area contributed by atoms with Crippen LogP contribution < -0.4 is 5.73 Å². The van der Waals surface area contributed by atoms with Crippen molar-refractivity contribution < 1.29 is 9.53 Å². The predicted molar refractivity (Wildman–Crippen MR) is 44.5 cm³/mol. The molecule has 0 bridgehead atoms. The third-order valence-corrected chi connectivity index (χ3v) is 3.55. The summed E-state index contributed by atoms with van der Waals surface area (Å²) in [4.78, 5) is 11.3. The molecule has 0 aromatic rings. The Kier molecular flexibility index (Phi) is 1.49. The van der Waals surface area contributed by atoms with Gasteiger partial charge in [-0.05, 0) is 19.3 Å². The van der Waals surface area contributed by atoms with Crippen LogP contribution in [0.25, 0.3) is 0 Å². The second-order valence-corrected chi connectivity index (χ2v) is 4.13. The summed E-state index contributed by atoms with van der Waals surface area (Å²) in [6.45, 7) is 0. The normalized spacial score (nSPS) is 36.8. The van der Waals surface area contributed by atoms with Crippen molar-refractivity contribution in [3.63, 3.8) is 0 Å². The lowest BCUT2D eigenvalue weighted by atomic mass is 9.98. The number of methoxy groups -OCH3 is 1. The first-order valence-electron chi connectivity index (χ1n) is 4.52. The maximum atomic E-state index is 11.3. The predicted octanol–water partition coefficient (Wildman–Crippen LogP) is 0.821. The van der Waals surface area contributed by atoms with Crippen LogP contribution in [0.15, 0.2) is 0 Å². The molecule has 0 aromatic carbocycles. The zero-order valence-corrected chi connectivity index (χ0v) is 7.43. The van der Waals surface area contributed by atoms with Gasteiger partial charge in [0.15, 0.2) is 0 Å². The molecule has 2 aliphatic rings. The van der Waals surface area contributed by atoms with Crippen LogP contribution in [0.3, 0.4) is 0 Å². The summed E-state index contributed by atoms with van der Waals surface area (Å²) in [5.74, 6) is -0.218. The molecule has 68 valence electrons. The first kappa shape index (κ1) is 8.05. The van der Waals surface area contributed by atoms with Gasteiger partial charge in [-0.1, -0.05) is 12.8 Å². The van der Waals surface area contributed by atoms with E-state index >= 15 is 0 Å². The Morgan fingerprint density at radius 3 is 2.50 bits per heavy atom. The van der Waals surface area contributed by atoms with Gasteiger partial charge in [0.25, 0.3) is 0 Å². The molecular weight excluding hydrogens is 154 g/mol. The minimum atomic E-state index is -0.627. The lowest BCUT2D eigenvalue weighted by Crippen LogP contribution is -2.39. The molecule has 2 aliphatic carbocycles. The van der Waals surface area contributed by atoms with E-state index in [9.17, 15) is 4.79 Å². The molecule has 0 radical (unpaired) electrons. The minimum Gasteiger partial charge on any atom is -0.468 e. The topological polar surface area (TPSA) is 52.3 Å². The van der Waals surface area contributed by atoms with Crippen molar-refractivity contribution in [3.8, 4) is 0 Å². The number of hydrogen-bond acceptors (Lipinski definition) is 3. The first-order chi connectivity index (χ1) is 5.65. The monoisotopic (exact) mass is 169 g/mol. The van der Waals surface area contributed by atoms with Crippen LogP contribution in [0.4, 0.5) is 0 Å². The highest BCUT2D eigenvalue weighted by Crippen LogP contribution is 2.64. The maximum Gasteiger partial charge on any atom is 0.326 e. The van der Waals surface area contributed by atoms with Gasteiger partial charge in [-0.15, -0.1) is 0 Å². The van der Waals surface area contributed by atoms with Gasteiger partial charge in [-0.2, -0.15) is 0 Å². The van der Waals surface area contributed by atoms with Gasteiger partial charge in [0.2, 0.25) is 0 Å². The highest BCUT2D eigenvalue weighted by Gasteiger charge is 2.70. The van der Waals surface area contributed by atoms with Crippen LogP contribution >= 0.6 is 0 Å². The molecular formula is C9H15NO2. The van der Waals surface area contributed by atoms with E-state index in [2.05, 4.69) is 0 Å². The van der Waals surface area contributed by atoms with Crippen molar-refractivity contribution >= 4 is 5.97 Å². The number of carbonyl (C=O) groups excluding carboxylic acids is 1. The quantitative estimate of drug-likeness (QED) is 0.591. The fourth-order valence-corrected chi connectivity index (χ4v) is 2.64. The van der Waals surface area contributed by atoms with Gasteiger partial charge in [0.1, 0.15) is 5.54 Å². The van der Waals surface area contributed by atoms with Gasteiger partial charge >= 0.3 is 5.97 Å². The molecule has 3 heteroatoms. The van der Waals surface area contributed by atoms with Crippen LogP contribution in [-0.2, 0) is 9.53 Å². The molecule has 1 atom stereocenters. The number of nitrogens with two attached hydrogens (primary N) is 1. The Morgan fingerprint density at radius 2 is 2.00 bits per heavy atom. The van der Waals surface area contributed by atoms with E-state index in [1.807, 2.05) is 0 Å². The molecule has 2 rings (SSSR count). The molecule has 3 nitrogen and oxygen atoms in total. The number of rotatable bonds is 1. The average molecular weight is 169 g/mol. The summed E-state index contributed by atoms with van der Waals surface area (Å²) < 4.78 is 4.70. The number of hydrogen-bond donors (Lipinski definition) is 1. The molecule has 2 N–H and O–H groups in total. The Bertz CT molecular complexity index is 221. The second kappa shape index (κ2) is 2.22. The Labute approximate surface area is 72.3 Å². The summed E-state index contributed by atoms with van der Waals surface area (Å²) in [6, 6.07) is 0. The van der Waals surface area contributed by atoms with E-state index in [1.165, 1.54) is 20.0 Å². The van der Waals surface area contributed by atoms with E-state index in [0.29, 0.717) is 0 Å². The number of carbonyl (C=O) groups is 1.